The van der Waals surface area contributed by atoms with Crippen LogP contribution in [0.15, 0.2) is 24.0 Å². The molecule has 0 aliphatic carbocycles. The summed E-state index contributed by atoms with van der Waals surface area (Å²) in [4.78, 5) is 10.5. The number of hydrogen-bond acceptors (Lipinski definition) is 2. The maximum atomic E-state index is 10.5. The Kier molecular flexibility index (Phi) is 1.39. The average molecular weight is 124 g/mol. The van der Waals surface area contributed by atoms with Gasteiger partial charge in [-0.2, -0.15) is 0 Å². The van der Waals surface area contributed by atoms with Crippen molar-refractivity contribution in [2.45, 2.75) is 13.3 Å². The monoisotopic (exact) mass is 124 g/mol. The number of cyclic esters (lactones) is 1. The van der Waals surface area contributed by atoms with Gasteiger partial charge in [0.15, 0.2) is 0 Å². The third-order valence-electron chi connectivity index (χ3n) is 1.24. The van der Waals surface area contributed by atoms with Crippen LogP contribution in [0.4, 0.5) is 0 Å². The van der Waals surface area contributed by atoms with Gasteiger partial charge in [-0.25, -0.2) is 0 Å². The van der Waals surface area contributed by atoms with Crippen molar-refractivity contribution in [3.63, 3.8) is 0 Å². The van der Waals surface area contributed by atoms with Crippen LogP contribution in [0.5, 0.6) is 0 Å². The highest BCUT2D eigenvalue weighted by molar-refractivity contribution is 5.77. The predicted octanol–water partition coefficient (Wildman–Crippen LogP) is 1.39. The summed E-state index contributed by atoms with van der Waals surface area (Å²) in [5.41, 5.74) is 0.968. The second-order valence-electron chi connectivity index (χ2n) is 2.00. The molecule has 0 amide bonds. The van der Waals surface area contributed by atoms with E-state index in [0.29, 0.717) is 12.2 Å². The first-order valence-electron chi connectivity index (χ1n) is 2.77. The smallest absolute Gasteiger partial charge is 0.315 e. The summed E-state index contributed by atoms with van der Waals surface area (Å²) in [7, 11) is 0. The molecule has 1 rings (SSSR count). The van der Waals surface area contributed by atoms with Gasteiger partial charge in [0.05, 0.1) is 6.42 Å². The second kappa shape index (κ2) is 2.05. The van der Waals surface area contributed by atoms with Crippen LogP contribution in [0.1, 0.15) is 13.3 Å². The maximum absolute atomic E-state index is 10.5. The zero-order valence-corrected chi connectivity index (χ0v) is 5.31. The lowest BCUT2D eigenvalue weighted by Crippen LogP contribution is -1.91. The zero-order chi connectivity index (χ0) is 6.85. The van der Waals surface area contributed by atoms with E-state index in [1.807, 2.05) is 6.92 Å². The summed E-state index contributed by atoms with van der Waals surface area (Å²) in [6.45, 7) is 5.36. The molecule has 0 spiro atoms. The lowest BCUT2D eigenvalue weighted by molar-refractivity contribution is -0.136. The molecule has 0 aromatic heterocycles. The summed E-state index contributed by atoms with van der Waals surface area (Å²) in [5.74, 6) is 0.447. The second-order valence-corrected chi connectivity index (χ2v) is 2.00. The Morgan fingerprint density at radius 2 is 2.44 bits per heavy atom. The third-order valence-corrected chi connectivity index (χ3v) is 1.24. The van der Waals surface area contributed by atoms with Gasteiger partial charge in [-0.15, -0.1) is 0 Å². The van der Waals surface area contributed by atoms with Crippen LogP contribution >= 0.6 is 0 Å². The van der Waals surface area contributed by atoms with Crippen LogP contribution in [0.25, 0.3) is 0 Å². The standard InChI is InChI=1S/C7H8O2/c1-3-6-5(2)4-7(8)9-6/h3H,1,4H2,2H3. The van der Waals surface area contributed by atoms with Gasteiger partial charge in [0.2, 0.25) is 0 Å². The number of esters is 1. The van der Waals surface area contributed by atoms with E-state index in [1.54, 1.807) is 6.08 Å². The summed E-state index contributed by atoms with van der Waals surface area (Å²) in [5, 5.41) is 0. The first-order valence-corrected chi connectivity index (χ1v) is 2.77. The molecule has 0 aromatic rings. The Balaban J connectivity index is 2.80. The largest absolute Gasteiger partial charge is 0.426 e. The fourth-order valence-corrected chi connectivity index (χ4v) is 0.765. The minimum Gasteiger partial charge on any atom is -0.426 e. The van der Waals surface area contributed by atoms with E-state index in [1.165, 1.54) is 0 Å². The summed E-state index contributed by atoms with van der Waals surface area (Å²) in [6.07, 6.45) is 1.97. The van der Waals surface area contributed by atoms with Gasteiger partial charge in [-0.3, -0.25) is 4.79 Å². The number of allylic oxidation sites excluding steroid dienone is 1. The molecule has 2 nitrogen and oxygen atoms in total. The van der Waals surface area contributed by atoms with E-state index in [-0.39, 0.29) is 5.97 Å². The molecule has 0 atom stereocenters. The molecule has 0 saturated carbocycles. The van der Waals surface area contributed by atoms with Crippen molar-refractivity contribution >= 4 is 5.97 Å². The molecular formula is C7H8O2. The maximum Gasteiger partial charge on any atom is 0.315 e. The molecule has 0 radical (unpaired) electrons. The number of hydrogen-bond donors (Lipinski definition) is 0. The van der Waals surface area contributed by atoms with Crippen molar-refractivity contribution in [3.05, 3.63) is 24.0 Å². The van der Waals surface area contributed by atoms with Gasteiger partial charge in [-0.1, -0.05) is 6.58 Å². The fourth-order valence-electron chi connectivity index (χ4n) is 0.765. The zero-order valence-electron chi connectivity index (χ0n) is 5.31. The molecular weight excluding hydrogens is 116 g/mol. The van der Waals surface area contributed by atoms with E-state index in [4.69, 9.17) is 4.74 Å². The van der Waals surface area contributed by atoms with Gasteiger partial charge >= 0.3 is 5.97 Å². The molecule has 9 heavy (non-hydrogen) atoms. The van der Waals surface area contributed by atoms with Crippen molar-refractivity contribution in [1.82, 2.24) is 0 Å². The lowest BCUT2D eigenvalue weighted by atomic mass is 10.2. The van der Waals surface area contributed by atoms with Gasteiger partial charge in [0, 0.05) is 0 Å². The highest BCUT2D eigenvalue weighted by atomic mass is 16.5. The molecule has 0 saturated heterocycles. The quantitative estimate of drug-likeness (QED) is 0.494. The van der Waals surface area contributed by atoms with Crippen molar-refractivity contribution in [1.29, 1.82) is 0 Å². The Morgan fingerprint density at radius 1 is 1.78 bits per heavy atom. The van der Waals surface area contributed by atoms with E-state index >= 15 is 0 Å². The van der Waals surface area contributed by atoms with E-state index in [0.717, 1.165) is 5.57 Å². The summed E-state index contributed by atoms with van der Waals surface area (Å²) < 4.78 is 4.75. The average Bonchev–Trinajstić information content (AvgIpc) is 2.10. The molecule has 48 valence electrons. The van der Waals surface area contributed by atoms with Crippen LogP contribution in [0.2, 0.25) is 0 Å². The SMILES string of the molecule is C=CC1=C(C)CC(=O)O1. The van der Waals surface area contributed by atoms with Gasteiger partial charge in [0.1, 0.15) is 5.76 Å². The number of rotatable bonds is 1. The normalized spacial score (nSPS) is 18.1. The molecule has 1 aliphatic heterocycles. The van der Waals surface area contributed by atoms with E-state index in [9.17, 15) is 4.79 Å². The Bertz CT molecular complexity index is 189. The van der Waals surface area contributed by atoms with Crippen molar-refractivity contribution < 1.29 is 9.53 Å². The summed E-state index contributed by atoms with van der Waals surface area (Å²) >= 11 is 0. The minimum atomic E-state index is -0.178. The highest BCUT2D eigenvalue weighted by Gasteiger charge is 2.16. The predicted molar refractivity (Wildman–Crippen MR) is 33.6 cm³/mol. The van der Waals surface area contributed by atoms with E-state index in [2.05, 4.69) is 6.58 Å². The number of ether oxygens (including phenoxy) is 1. The molecule has 0 N–H and O–H groups in total. The third kappa shape index (κ3) is 1.02. The molecule has 2 heteroatoms. The topological polar surface area (TPSA) is 26.3 Å². The number of carbonyl (C=O) groups excluding carboxylic acids is 1. The molecule has 0 bridgehead atoms. The number of carbonyl (C=O) groups is 1. The van der Waals surface area contributed by atoms with Crippen LogP contribution < -0.4 is 0 Å². The van der Waals surface area contributed by atoms with Crippen LogP contribution in [0, 0.1) is 0 Å². The van der Waals surface area contributed by atoms with E-state index < -0.39 is 0 Å². The lowest BCUT2D eigenvalue weighted by Gasteiger charge is -1.91. The molecule has 0 unspecified atom stereocenters. The van der Waals surface area contributed by atoms with Crippen LogP contribution in [0.3, 0.4) is 0 Å². The van der Waals surface area contributed by atoms with Crippen LogP contribution in [-0.4, -0.2) is 5.97 Å². The fraction of sp³-hybridized carbons (Fsp3) is 0.286. The Labute approximate surface area is 53.8 Å². The first-order chi connectivity index (χ1) is 4.24. The van der Waals surface area contributed by atoms with Crippen molar-refractivity contribution in [2.75, 3.05) is 0 Å². The minimum absolute atomic E-state index is 0.178. The Morgan fingerprint density at radius 3 is 2.67 bits per heavy atom. The summed E-state index contributed by atoms with van der Waals surface area (Å²) in [6, 6.07) is 0. The molecule has 1 heterocycles. The molecule has 0 fully saturated rings. The molecule has 0 aromatic carbocycles. The van der Waals surface area contributed by atoms with Gasteiger partial charge < -0.3 is 4.74 Å². The van der Waals surface area contributed by atoms with Crippen molar-refractivity contribution in [2.24, 2.45) is 0 Å². The molecule has 1 aliphatic rings. The highest BCUT2D eigenvalue weighted by Crippen LogP contribution is 2.19. The van der Waals surface area contributed by atoms with Gasteiger partial charge in [0.25, 0.3) is 0 Å². The first kappa shape index (κ1) is 6.08. The van der Waals surface area contributed by atoms with Gasteiger partial charge in [-0.05, 0) is 18.6 Å². The Hall–Kier alpha value is -1.05. The van der Waals surface area contributed by atoms with Crippen LogP contribution in [-0.2, 0) is 9.53 Å². The van der Waals surface area contributed by atoms with Crippen molar-refractivity contribution in [3.8, 4) is 0 Å².